The van der Waals surface area contributed by atoms with Gasteiger partial charge in [-0.2, -0.15) is 5.10 Å². The number of hydrogen-bond acceptors (Lipinski definition) is 6. The van der Waals surface area contributed by atoms with E-state index in [4.69, 9.17) is 0 Å². The molecule has 0 radical (unpaired) electrons. The van der Waals surface area contributed by atoms with E-state index in [2.05, 4.69) is 36.3 Å². The zero-order valence-corrected chi connectivity index (χ0v) is 14.9. The summed E-state index contributed by atoms with van der Waals surface area (Å²) in [5.74, 6) is -1.68. The number of carboxylic acid groups (broad SMARTS) is 1. The van der Waals surface area contributed by atoms with Gasteiger partial charge < -0.3 is 15.2 Å². The van der Waals surface area contributed by atoms with E-state index in [0.29, 0.717) is 0 Å². The normalized spacial score (nSPS) is 23.0. The van der Waals surface area contributed by atoms with Gasteiger partial charge >= 0.3 is 0 Å². The predicted octanol–water partition coefficient (Wildman–Crippen LogP) is 1.44. The van der Waals surface area contributed by atoms with Gasteiger partial charge in [0.1, 0.15) is 4.75 Å². The van der Waals surface area contributed by atoms with E-state index in [1.54, 1.807) is 13.1 Å². The Morgan fingerprint density at radius 1 is 1.33 bits per heavy atom. The number of carbonyl (C=O) groups is 2. The number of thioether (sulfide) groups is 1. The maximum atomic E-state index is 11.9. The van der Waals surface area contributed by atoms with Crippen molar-refractivity contribution in [2.75, 3.05) is 0 Å². The highest BCUT2D eigenvalue weighted by Gasteiger charge is 2.42. The number of aliphatic carboxylic acids is 1. The Labute approximate surface area is 145 Å². The molecule has 1 aromatic carbocycles. The highest BCUT2D eigenvalue weighted by Crippen LogP contribution is 2.34. The molecule has 1 heterocycles. The van der Waals surface area contributed by atoms with Crippen molar-refractivity contribution in [1.29, 1.82) is 0 Å². The van der Waals surface area contributed by atoms with E-state index in [1.165, 1.54) is 5.56 Å². The van der Waals surface area contributed by atoms with Crippen LogP contribution in [0.15, 0.2) is 34.5 Å². The van der Waals surface area contributed by atoms with E-state index >= 15 is 0 Å². The minimum atomic E-state index is -1.27. The Morgan fingerprint density at radius 2 is 1.96 bits per heavy atom. The van der Waals surface area contributed by atoms with Crippen molar-refractivity contribution in [3.05, 3.63) is 35.4 Å². The fourth-order valence-corrected chi connectivity index (χ4v) is 3.16. The number of amides is 1. The molecule has 1 N–H and O–H groups in total. The van der Waals surface area contributed by atoms with Crippen LogP contribution in [0.25, 0.3) is 0 Å². The van der Waals surface area contributed by atoms with E-state index in [0.717, 1.165) is 17.3 Å². The number of benzene rings is 1. The van der Waals surface area contributed by atoms with Gasteiger partial charge in [-0.1, -0.05) is 56.8 Å². The van der Waals surface area contributed by atoms with Crippen LogP contribution in [-0.2, 0) is 15.0 Å². The summed E-state index contributed by atoms with van der Waals surface area (Å²) in [5, 5.41) is 21.5. The maximum absolute atomic E-state index is 11.9. The minimum absolute atomic E-state index is 0.0874. The monoisotopic (exact) mass is 346 g/mol. The van der Waals surface area contributed by atoms with Gasteiger partial charge in [0, 0.05) is 12.4 Å². The van der Waals surface area contributed by atoms with Crippen LogP contribution in [0.2, 0.25) is 0 Å². The largest absolute Gasteiger partial charge is 0.550 e. The Morgan fingerprint density at radius 3 is 2.50 bits per heavy atom. The Hall–Kier alpha value is -2.15. The quantitative estimate of drug-likeness (QED) is 0.659. The zero-order valence-electron chi connectivity index (χ0n) is 14.1. The minimum Gasteiger partial charge on any atom is -0.550 e. The third-order valence-corrected chi connectivity index (χ3v) is 4.79. The number of nitrogens with zero attached hydrogens (tertiary/aromatic N) is 2. The fourth-order valence-electron chi connectivity index (χ4n) is 2.17. The van der Waals surface area contributed by atoms with E-state index in [-0.39, 0.29) is 17.0 Å². The van der Waals surface area contributed by atoms with Gasteiger partial charge in [0.05, 0.1) is 6.21 Å². The molecule has 0 saturated carbocycles. The van der Waals surface area contributed by atoms with Gasteiger partial charge in [-0.3, -0.25) is 4.79 Å². The summed E-state index contributed by atoms with van der Waals surface area (Å²) in [7, 11) is 0. The van der Waals surface area contributed by atoms with Crippen LogP contribution in [-0.4, -0.2) is 28.0 Å². The Balaban J connectivity index is 2.05. The first-order valence-corrected chi connectivity index (χ1v) is 8.34. The summed E-state index contributed by atoms with van der Waals surface area (Å²) in [6.45, 7) is 7.98. The summed E-state index contributed by atoms with van der Waals surface area (Å²) >= 11 is 1.05. The van der Waals surface area contributed by atoms with Crippen LogP contribution in [0.1, 0.15) is 45.2 Å². The second-order valence-electron chi connectivity index (χ2n) is 6.86. The Bertz CT molecular complexity index is 705. The van der Waals surface area contributed by atoms with Crippen molar-refractivity contribution in [3.8, 4) is 0 Å². The van der Waals surface area contributed by atoms with Gasteiger partial charge in [0.15, 0.2) is 5.17 Å². The lowest BCUT2D eigenvalue weighted by atomic mass is 9.87. The molecule has 1 aliphatic heterocycles. The van der Waals surface area contributed by atoms with Crippen LogP contribution in [0.3, 0.4) is 0 Å². The summed E-state index contributed by atoms with van der Waals surface area (Å²) in [6.07, 6.45) is 1.21. The van der Waals surface area contributed by atoms with E-state index in [9.17, 15) is 14.7 Å². The molecule has 128 valence electrons. The zero-order chi connectivity index (χ0) is 18.0. The van der Waals surface area contributed by atoms with Crippen LogP contribution in [0.5, 0.6) is 0 Å². The first-order valence-electron chi connectivity index (χ1n) is 7.52. The lowest BCUT2D eigenvalue weighted by Crippen LogP contribution is -2.39. The molecule has 1 atom stereocenters. The van der Waals surface area contributed by atoms with Crippen molar-refractivity contribution in [2.24, 2.45) is 10.2 Å². The van der Waals surface area contributed by atoms with Crippen LogP contribution < -0.4 is 10.4 Å². The molecule has 7 heteroatoms. The number of nitrogens with one attached hydrogen (secondary N) is 1. The van der Waals surface area contributed by atoms with Crippen molar-refractivity contribution in [2.45, 2.75) is 44.3 Å². The lowest BCUT2D eigenvalue weighted by Gasteiger charge is -2.18. The number of hydrogen-bond donors (Lipinski definition) is 1. The summed E-state index contributed by atoms with van der Waals surface area (Å²) in [5.41, 5.74) is 2.20. The van der Waals surface area contributed by atoms with Crippen LogP contribution in [0.4, 0.5) is 0 Å². The molecule has 1 saturated heterocycles. The Kier molecular flexibility index (Phi) is 5.13. The fraction of sp³-hybridized carbons (Fsp3) is 0.412. The summed E-state index contributed by atoms with van der Waals surface area (Å²) in [6, 6.07) is 7.98. The number of carboxylic acids is 1. The second-order valence-corrected chi connectivity index (χ2v) is 8.35. The molecule has 1 fully saturated rings. The molecule has 1 amide bonds. The molecule has 6 nitrogen and oxygen atoms in total. The number of carbonyl (C=O) groups excluding carboxylic acids is 2. The van der Waals surface area contributed by atoms with Gasteiger partial charge in [0.2, 0.25) is 5.91 Å². The standard InChI is InChI=1S/C17H21N3O3S/c1-16(2,3)12-7-5-11(6-8-12)10-18-20-15-19-14(23)17(4,24-15)9-13(21)22/h5-8,10H,9H2,1-4H3,(H,21,22)(H,19,20,23)/p-1/b18-10+. The number of rotatable bonds is 4. The van der Waals surface area contributed by atoms with Crippen molar-refractivity contribution in [3.63, 3.8) is 0 Å². The summed E-state index contributed by atoms with van der Waals surface area (Å²) in [4.78, 5) is 22.6. The van der Waals surface area contributed by atoms with Crippen molar-refractivity contribution < 1.29 is 14.7 Å². The van der Waals surface area contributed by atoms with Crippen molar-refractivity contribution in [1.82, 2.24) is 5.32 Å². The van der Waals surface area contributed by atoms with Crippen LogP contribution in [0, 0.1) is 0 Å². The van der Waals surface area contributed by atoms with E-state index < -0.39 is 16.6 Å². The van der Waals surface area contributed by atoms with Gasteiger partial charge in [-0.25, -0.2) is 0 Å². The lowest BCUT2D eigenvalue weighted by molar-refractivity contribution is -0.306. The third-order valence-electron chi connectivity index (χ3n) is 3.64. The predicted molar refractivity (Wildman–Crippen MR) is 93.9 cm³/mol. The molecule has 0 aliphatic carbocycles. The highest BCUT2D eigenvalue weighted by molar-refractivity contribution is 8.16. The van der Waals surface area contributed by atoms with Crippen molar-refractivity contribution >= 4 is 35.0 Å². The second kappa shape index (κ2) is 6.76. The molecule has 1 aromatic rings. The molecule has 0 spiro atoms. The number of amidine groups is 1. The summed E-state index contributed by atoms with van der Waals surface area (Å²) < 4.78 is -1.11. The average Bonchev–Trinajstić information content (AvgIpc) is 2.72. The first kappa shape index (κ1) is 18.2. The maximum Gasteiger partial charge on any atom is 0.242 e. The third kappa shape index (κ3) is 4.44. The molecule has 24 heavy (non-hydrogen) atoms. The molecular formula is C17H20N3O3S-. The average molecular weight is 346 g/mol. The van der Waals surface area contributed by atoms with Gasteiger partial charge in [-0.05, 0) is 23.5 Å². The molecule has 1 unspecified atom stereocenters. The molecule has 0 aromatic heterocycles. The SMILES string of the molecule is CC1(CC(=O)[O-])S/C(=N/N=C/c2ccc(C(C)(C)C)cc2)NC1=O. The molecule has 2 rings (SSSR count). The topological polar surface area (TPSA) is 93.9 Å². The first-order chi connectivity index (χ1) is 11.1. The van der Waals surface area contributed by atoms with Crippen LogP contribution >= 0.6 is 11.8 Å². The molecule has 0 bridgehead atoms. The van der Waals surface area contributed by atoms with Gasteiger partial charge in [-0.15, -0.1) is 5.10 Å². The molecule has 1 aliphatic rings. The smallest absolute Gasteiger partial charge is 0.242 e. The highest BCUT2D eigenvalue weighted by atomic mass is 32.2. The van der Waals surface area contributed by atoms with Gasteiger partial charge in [0.25, 0.3) is 0 Å². The molecular weight excluding hydrogens is 326 g/mol. The van der Waals surface area contributed by atoms with E-state index in [1.807, 2.05) is 24.3 Å².